The Morgan fingerprint density at radius 3 is 0.903 bits per heavy atom. The molecule has 0 aliphatic carbocycles. The van der Waals surface area contributed by atoms with E-state index in [1.165, 1.54) is 161 Å². The fourth-order valence-electron chi connectivity index (χ4n) is 4.55. The lowest BCUT2D eigenvalue weighted by Crippen LogP contribution is -2.17. The van der Waals surface area contributed by atoms with Gasteiger partial charge < -0.3 is 11.1 Å². The monoisotopic (exact) mass is 438 g/mol. The zero-order valence-corrected chi connectivity index (χ0v) is 21.9. The summed E-state index contributed by atoms with van der Waals surface area (Å²) in [5.74, 6) is 0. The fraction of sp³-hybridized carbons (Fsp3) is 1.00. The van der Waals surface area contributed by atoms with E-state index in [2.05, 4.69) is 12.2 Å². The van der Waals surface area contributed by atoms with Crippen molar-refractivity contribution in [3.63, 3.8) is 0 Å². The van der Waals surface area contributed by atoms with Crippen LogP contribution in [0.15, 0.2) is 0 Å². The van der Waals surface area contributed by atoms with Crippen LogP contribution >= 0.6 is 0 Å². The molecule has 0 heterocycles. The lowest BCUT2D eigenvalue weighted by atomic mass is 10.0. The third-order valence-corrected chi connectivity index (χ3v) is 6.76. The summed E-state index contributed by atoms with van der Waals surface area (Å²) in [6.07, 6.45) is 36.0. The van der Waals surface area contributed by atoms with Crippen LogP contribution in [0.25, 0.3) is 0 Å². The Kier molecular flexibility index (Phi) is 29.8. The second-order valence-corrected chi connectivity index (χ2v) is 10.0. The molecule has 0 spiro atoms. The van der Waals surface area contributed by atoms with Crippen LogP contribution in [0.3, 0.4) is 0 Å². The molecule has 2 heteroatoms. The lowest BCUT2D eigenvalue weighted by Gasteiger charge is -2.05. The minimum atomic E-state index is 0.834. The number of hydrogen-bond acceptors (Lipinski definition) is 2. The lowest BCUT2D eigenvalue weighted by molar-refractivity contribution is 0.515. The van der Waals surface area contributed by atoms with E-state index in [1.807, 2.05) is 0 Å². The summed E-state index contributed by atoms with van der Waals surface area (Å²) in [6.45, 7) is 5.48. The minimum absolute atomic E-state index is 0.834. The van der Waals surface area contributed by atoms with Gasteiger partial charge in [0.05, 0.1) is 0 Å². The maximum atomic E-state index is 5.50. The molecule has 31 heavy (non-hydrogen) atoms. The predicted molar refractivity (Wildman–Crippen MR) is 143 cm³/mol. The second-order valence-electron chi connectivity index (χ2n) is 10.0. The van der Waals surface area contributed by atoms with Crippen LogP contribution in [0, 0.1) is 0 Å². The Bertz CT molecular complexity index is 264. The van der Waals surface area contributed by atoms with E-state index in [0.29, 0.717) is 0 Å². The van der Waals surface area contributed by atoms with Gasteiger partial charge in [-0.25, -0.2) is 0 Å². The second kappa shape index (κ2) is 29.9. The van der Waals surface area contributed by atoms with E-state index in [0.717, 1.165) is 19.5 Å². The van der Waals surface area contributed by atoms with Crippen molar-refractivity contribution in [1.29, 1.82) is 0 Å². The van der Waals surface area contributed by atoms with Gasteiger partial charge in [0.15, 0.2) is 0 Å². The maximum absolute atomic E-state index is 5.50. The maximum Gasteiger partial charge on any atom is -0.00484 e. The molecule has 0 saturated carbocycles. The minimum Gasteiger partial charge on any atom is -0.330 e. The number of nitrogens with two attached hydrogens (primary N) is 1. The Balaban J connectivity index is 2.98. The van der Waals surface area contributed by atoms with Crippen LogP contribution in [0.1, 0.15) is 167 Å². The van der Waals surface area contributed by atoms with Crippen LogP contribution < -0.4 is 11.1 Å². The third kappa shape index (κ3) is 29.9. The first-order chi connectivity index (χ1) is 15.4. The van der Waals surface area contributed by atoms with Crippen molar-refractivity contribution >= 4 is 0 Å². The van der Waals surface area contributed by atoms with Crippen LogP contribution in [0.2, 0.25) is 0 Å². The van der Waals surface area contributed by atoms with Gasteiger partial charge in [0.25, 0.3) is 0 Å². The van der Waals surface area contributed by atoms with Crippen LogP contribution in [0.5, 0.6) is 0 Å². The molecule has 0 aromatic heterocycles. The molecule has 0 aliphatic rings. The van der Waals surface area contributed by atoms with Gasteiger partial charge in [0, 0.05) is 0 Å². The first-order valence-electron chi connectivity index (χ1n) is 14.8. The standard InChI is InChI=1S/C29H62N2/c1-2-3-4-5-6-7-8-9-10-11-12-13-14-15-16-17-18-19-20-21-22-23-25-28-31-29-26-24-27-30/h31H,2-30H2,1H3. The van der Waals surface area contributed by atoms with Crippen molar-refractivity contribution in [3.05, 3.63) is 0 Å². The Hall–Kier alpha value is -0.0800. The Morgan fingerprint density at radius 1 is 0.355 bits per heavy atom. The van der Waals surface area contributed by atoms with E-state index in [4.69, 9.17) is 5.73 Å². The van der Waals surface area contributed by atoms with Crippen molar-refractivity contribution < 1.29 is 0 Å². The van der Waals surface area contributed by atoms with Crippen LogP contribution in [-0.4, -0.2) is 19.6 Å². The summed E-state index contributed by atoms with van der Waals surface area (Å²) in [5, 5.41) is 3.53. The van der Waals surface area contributed by atoms with Crippen LogP contribution in [-0.2, 0) is 0 Å². The molecular formula is C29H62N2. The fourth-order valence-corrected chi connectivity index (χ4v) is 4.55. The average Bonchev–Trinajstić information content (AvgIpc) is 2.78. The molecule has 0 unspecified atom stereocenters. The molecule has 0 rings (SSSR count). The molecule has 0 bridgehead atoms. The summed E-state index contributed by atoms with van der Waals surface area (Å²) in [5.41, 5.74) is 5.50. The van der Waals surface area contributed by atoms with Gasteiger partial charge in [0.2, 0.25) is 0 Å². The summed E-state index contributed by atoms with van der Waals surface area (Å²) in [6, 6.07) is 0. The summed E-state index contributed by atoms with van der Waals surface area (Å²) >= 11 is 0. The first kappa shape index (κ1) is 30.9. The summed E-state index contributed by atoms with van der Waals surface area (Å²) < 4.78 is 0. The van der Waals surface area contributed by atoms with Gasteiger partial charge >= 0.3 is 0 Å². The van der Waals surface area contributed by atoms with Gasteiger partial charge in [0.1, 0.15) is 0 Å². The number of rotatable bonds is 28. The Morgan fingerprint density at radius 2 is 0.613 bits per heavy atom. The highest BCUT2D eigenvalue weighted by Gasteiger charge is 1.96. The molecule has 0 radical (unpaired) electrons. The SMILES string of the molecule is CCCCCCCCCCCCCCCCCCCCCCCCCNCCCCN. The number of nitrogens with one attached hydrogen (secondary N) is 1. The van der Waals surface area contributed by atoms with Gasteiger partial charge in [-0.2, -0.15) is 0 Å². The summed E-state index contributed by atoms with van der Waals surface area (Å²) in [7, 11) is 0. The topological polar surface area (TPSA) is 38.0 Å². The molecule has 0 aromatic rings. The largest absolute Gasteiger partial charge is 0.330 e. The van der Waals surface area contributed by atoms with Crippen molar-refractivity contribution in [2.75, 3.05) is 19.6 Å². The third-order valence-electron chi connectivity index (χ3n) is 6.76. The van der Waals surface area contributed by atoms with E-state index in [1.54, 1.807) is 0 Å². The molecule has 0 amide bonds. The van der Waals surface area contributed by atoms with Crippen molar-refractivity contribution in [2.45, 2.75) is 167 Å². The molecule has 0 fully saturated rings. The molecular weight excluding hydrogens is 376 g/mol. The quantitative estimate of drug-likeness (QED) is 0.119. The highest BCUT2D eigenvalue weighted by molar-refractivity contribution is 4.53. The van der Waals surface area contributed by atoms with E-state index < -0.39 is 0 Å². The molecule has 188 valence electrons. The predicted octanol–water partition coefficient (Wildman–Crippen LogP) is 9.31. The Labute approximate surface area is 198 Å². The van der Waals surface area contributed by atoms with Gasteiger partial charge in [-0.05, 0) is 38.9 Å². The van der Waals surface area contributed by atoms with Gasteiger partial charge in [-0.3, -0.25) is 0 Å². The average molecular weight is 439 g/mol. The first-order valence-corrected chi connectivity index (χ1v) is 14.8. The molecule has 2 nitrogen and oxygen atoms in total. The van der Waals surface area contributed by atoms with Crippen LogP contribution in [0.4, 0.5) is 0 Å². The number of unbranched alkanes of at least 4 members (excludes halogenated alkanes) is 23. The molecule has 0 aliphatic heterocycles. The normalized spacial score (nSPS) is 11.4. The smallest absolute Gasteiger partial charge is 0.00484 e. The number of hydrogen-bond donors (Lipinski definition) is 2. The molecule has 0 saturated heterocycles. The highest BCUT2D eigenvalue weighted by Crippen LogP contribution is 2.15. The zero-order chi connectivity index (χ0) is 22.5. The summed E-state index contributed by atoms with van der Waals surface area (Å²) in [4.78, 5) is 0. The van der Waals surface area contributed by atoms with Crippen molar-refractivity contribution in [3.8, 4) is 0 Å². The van der Waals surface area contributed by atoms with Crippen molar-refractivity contribution in [1.82, 2.24) is 5.32 Å². The van der Waals surface area contributed by atoms with Crippen molar-refractivity contribution in [2.24, 2.45) is 5.73 Å². The van der Waals surface area contributed by atoms with Gasteiger partial charge in [-0.1, -0.05) is 148 Å². The van der Waals surface area contributed by atoms with E-state index >= 15 is 0 Å². The van der Waals surface area contributed by atoms with E-state index in [9.17, 15) is 0 Å². The molecule has 0 aromatic carbocycles. The van der Waals surface area contributed by atoms with Gasteiger partial charge in [-0.15, -0.1) is 0 Å². The van der Waals surface area contributed by atoms with E-state index in [-0.39, 0.29) is 0 Å². The molecule has 0 atom stereocenters. The molecule has 3 N–H and O–H groups in total. The zero-order valence-electron chi connectivity index (χ0n) is 21.9. The highest BCUT2D eigenvalue weighted by atomic mass is 14.8.